The molecule has 7 heteroatoms. The van der Waals surface area contributed by atoms with Gasteiger partial charge in [0.2, 0.25) is 5.95 Å². The second-order valence-electron chi connectivity index (χ2n) is 5.79. The van der Waals surface area contributed by atoms with Crippen molar-refractivity contribution in [3.05, 3.63) is 71.7 Å². The summed E-state index contributed by atoms with van der Waals surface area (Å²) in [7, 11) is 3.22. The monoisotopic (exact) mass is 368 g/mol. The zero-order valence-electron chi connectivity index (χ0n) is 15.2. The van der Waals surface area contributed by atoms with Crippen LogP contribution < -0.4 is 20.1 Å². The molecule has 0 saturated heterocycles. The number of ether oxygens (including phenoxy) is 2. The van der Waals surface area contributed by atoms with E-state index in [2.05, 4.69) is 20.6 Å². The molecule has 0 atom stereocenters. The number of nitrogens with zero attached hydrogens (tertiary/aromatic N) is 2. The van der Waals surface area contributed by atoms with Crippen molar-refractivity contribution in [1.29, 1.82) is 0 Å². The van der Waals surface area contributed by atoms with Crippen molar-refractivity contribution >= 4 is 11.8 Å². The van der Waals surface area contributed by atoms with E-state index in [1.807, 2.05) is 18.2 Å². The van der Waals surface area contributed by atoms with Crippen LogP contribution >= 0.6 is 0 Å². The normalized spacial score (nSPS) is 10.3. The van der Waals surface area contributed by atoms with Crippen molar-refractivity contribution in [1.82, 2.24) is 9.97 Å². The Morgan fingerprint density at radius 1 is 0.852 bits per heavy atom. The maximum atomic E-state index is 12.9. The van der Waals surface area contributed by atoms with Gasteiger partial charge in [0.15, 0.2) is 11.5 Å². The average Bonchev–Trinajstić information content (AvgIpc) is 2.72. The summed E-state index contributed by atoms with van der Waals surface area (Å²) in [5.41, 5.74) is 1.98. The predicted molar refractivity (Wildman–Crippen MR) is 103 cm³/mol. The average molecular weight is 368 g/mol. The maximum absolute atomic E-state index is 12.9. The Labute approximate surface area is 157 Å². The predicted octanol–water partition coefficient (Wildman–Crippen LogP) is 3.86. The molecule has 0 aliphatic rings. The lowest BCUT2D eigenvalue weighted by molar-refractivity contribution is 0.354. The van der Waals surface area contributed by atoms with Crippen LogP contribution in [0.15, 0.2) is 54.7 Å². The smallest absolute Gasteiger partial charge is 0.224 e. The summed E-state index contributed by atoms with van der Waals surface area (Å²) < 4.78 is 23.5. The molecule has 2 aromatic carbocycles. The molecular formula is C20H21FN4O2. The van der Waals surface area contributed by atoms with Gasteiger partial charge in [-0.25, -0.2) is 9.37 Å². The van der Waals surface area contributed by atoms with Crippen molar-refractivity contribution < 1.29 is 13.9 Å². The van der Waals surface area contributed by atoms with E-state index in [1.165, 1.54) is 12.1 Å². The Kier molecular flexibility index (Phi) is 6.04. The van der Waals surface area contributed by atoms with Crippen LogP contribution in [0.25, 0.3) is 0 Å². The molecule has 0 amide bonds. The third-order valence-electron chi connectivity index (χ3n) is 3.94. The van der Waals surface area contributed by atoms with Crippen molar-refractivity contribution in [3.8, 4) is 11.5 Å². The first kappa shape index (κ1) is 18.4. The number of hydrogen-bond acceptors (Lipinski definition) is 6. The van der Waals surface area contributed by atoms with Gasteiger partial charge in [0.1, 0.15) is 11.6 Å². The second-order valence-corrected chi connectivity index (χ2v) is 5.79. The molecule has 3 rings (SSSR count). The fraction of sp³-hybridized carbons (Fsp3) is 0.200. The molecule has 0 bridgehead atoms. The highest BCUT2D eigenvalue weighted by Gasteiger charge is 2.05. The minimum Gasteiger partial charge on any atom is -0.493 e. The van der Waals surface area contributed by atoms with Crippen molar-refractivity contribution in [2.45, 2.75) is 13.1 Å². The van der Waals surface area contributed by atoms with E-state index in [4.69, 9.17) is 9.47 Å². The first-order valence-electron chi connectivity index (χ1n) is 8.44. The van der Waals surface area contributed by atoms with Gasteiger partial charge in [0.25, 0.3) is 0 Å². The first-order chi connectivity index (χ1) is 13.2. The first-order valence-corrected chi connectivity index (χ1v) is 8.44. The highest BCUT2D eigenvalue weighted by atomic mass is 19.1. The lowest BCUT2D eigenvalue weighted by atomic mass is 10.2. The number of benzene rings is 2. The molecule has 0 aliphatic heterocycles. The van der Waals surface area contributed by atoms with Crippen LogP contribution in [0.2, 0.25) is 0 Å². The van der Waals surface area contributed by atoms with E-state index in [9.17, 15) is 4.39 Å². The summed E-state index contributed by atoms with van der Waals surface area (Å²) in [6, 6.07) is 13.8. The Morgan fingerprint density at radius 2 is 1.56 bits per heavy atom. The molecule has 140 valence electrons. The molecule has 27 heavy (non-hydrogen) atoms. The standard InChI is InChI=1S/C20H21FN4O2/c1-26-17-8-5-15(11-18(17)27-2)13-23-19-9-10-22-20(25-19)24-12-14-3-6-16(21)7-4-14/h3-11H,12-13H2,1-2H3,(H2,22,23,24,25). The van der Waals surface area contributed by atoms with Crippen molar-refractivity contribution in [2.24, 2.45) is 0 Å². The van der Waals surface area contributed by atoms with Crippen LogP contribution in [-0.2, 0) is 13.1 Å². The van der Waals surface area contributed by atoms with Gasteiger partial charge in [0, 0.05) is 19.3 Å². The van der Waals surface area contributed by atoms with E-state index < -0.39 is 0 Å². The topological polar surface area (TPSA) is 68.3 Å². The molecule has 0 saturated carbocycles. The number of anilines is 2. The number of aromatic nitrogens is 2. The van der Waals surface area contributed by atoms with E-state index >= 15 is 0 Å². The highest BCUT2D eigenvalue weighted by Crippen LogP contribution is 2.27. The molecule has 0 spiro atoms. The molecule has 0 radical (unpaired) electrons. The van der Waals surface area contributed by atoms with E-state index in [1.54, 1.807) is 38.6 Å². The molecule has 6 nitrogen and oxygen atoms in total. The number of rotatable bonds is 8. The summed E-state index contributed by atoms with van der Waals surface area (Å²) in [5, 5.41) is 6.39. The number of hydrogen-bond donors (Lipinski definition) is 2. The maximum Gasteiger partial charge on any atom is 0.224 e. The summed E-state index contributed by atoms with van der Waals surface area (Å²) >= 11 is 0. The fourth-order valence-electron chi connectivity index (χ4n) is 2.51. The lowest BCUT2D eigenvalue weighted by Crippen LogP contribution is -2.07. The molecule has 0 aliphatic carbocycles. The lowest BCUT2D eigenvalue weighted by Gasteiger charge is -2.11. The third kappa shape index (κ3) is 5.07. The third-order valence-corrected chi connectivity index (χ3v) is 3.94. The van der Waals surface area contributed by atoms with Gasteiger partial charge in [-0.05, 0) is 41.5 Å². The Morgan fingerprint density at radius 3 is 2.30 bits per heavy atom. The molecule has 1 aromatic heterocycles. The van der Waals surface area contributed by atoms with Crippen LogP contribution in [0, 0.1) is 5.82 Å². The Balaban J connectivity index is 1.59. The molecule has 0 fully saturated rings. The van der Waals surface area contributed by atoms with Gasteiger partial charge in [-0.1, -0.05) is 18.2 Å². The van der Waals surface area contributed by atoms with Gasteiger partial charge < -0.3 is 20.1 Å². The molecule has 0 unspecified atom stereocenters. The van der Waals surface area contributed by atoms with E-state index in [0.29, 0.717) is 36.4 Å². The molecule has 1 heterocycles. The van der Waals surface area contributed by atoms with Gasteiger partial charge in [-0.2, -0.15) is 4.98 Å². The van der Waals surface area contributed by atoms with Crippen LogP contribution in [0.5, 0.6) is 11.5 Å². The van der Waals surface area contributed by atoms with Crippen molar-refractivity contribution in [2.75, 3.05) is 24.9 Å². The zero-order chi connectivity index (χ0) is 19.1. The Hall–Kier alpha value is -3.35. The number of nitrogens with one attached hydrogen (secondary N) is 2. The van der Waals surface area contributed by atoms with Gasteiger partial charge >= 0.3 is 0 Å². The minimum atomic E-state index is -0.253. The van der Waals surface area contributed by atoms with Crippen LogP contribution in [-0.4, -0.2) is 24.2 Å². The zero-order valence-corrected chi connectivity index (χ0v) is 15.2. The minimum absolute atomic E-state index is 0.253. The van der Waals surface area contributed by atoms with Gasteiger partial charge in [0.05, 0.1) is 14.2 Å². The van der Waals surface area contributed by atoms with Gasteiger partial charge in [-0.15, -0.1) is 0 Å². The van der Waals surface area contributed by atoms with Gasteiger partial charge in [-0.3, -0.25) is 0 Å². The summed E-state index contributed by atoms with van der Waals surface area (Å²) in [5.74, 6) is 2.31. The Bertz CT molecular complexity index is 887. The van der Waals surface area contributed by atoms with Crippen LogP contribution in [0.1, 0.15) is 11.1 Å². The molecular weight excluding hydrogens is 347 g/mol. The highest BCUT2D eigenvalue weighted by molar-refractivity contribution is 5.45. The van der Waals surface area contributed by atoms with Crippen molar-refractivity contribution in [3.63, 3.8) is 0 Å². The van der Waals surface area contributed by atoms with E-state index in [0.717, 1.165) is 11.1 Å². The number of halogens is 1. The number of methoxy groups -OCH3 is 2. The quantitative estimate of drug-likeness (QED) is 0.629. The fourth-order valence-corrected chi connectivity index (χ4v) is 2.51. The van der Waals surface area contributed by atoms with Crippen LogP contribution in [0.3, 0.4) is 0 Å². The van der Waals surface area contributed by atoms with Crippen LogP contribution in [0.4, 0.5) is 16.2 Å². The SMILES string of the molecule is COc1ccc(CNc2ccnc(NCc3ccc(F)cc3)n2)cc1OC. The largest absolute Gasteiger partial charge is 0.493 e. The summed E-state index contributed by atoms with van der Waals surface area (Å²) in [4.78, 5) is 8.64. The molecule has 3 aromatic rings. The summed E-state index contributed by atoms with van der Waals surface area (Å²) in [6.45, 7) is 1.09. The second kappa shape index (κ2) is 8.84. The van der Waals surface area contributed by atoms with E-state index in [-0.39, 0.29) is 5.82 Å². The molecule has 2 N–H and O–H groups in total. The summed E-state index contributed by atoms with van der Waals surface area (Å²) in [6.07, 6.45) is 1.68.